The van der Waals surface area contributed by atoms with Gasteiger partial charge < -0.3 is 9.64 Å². The highest BCUT2D eigenvalue weighted by molar-refractivity contribution is 7.89. The second kappa shape index (κ2) is 8.85. The fourth-order valence-electron chi connectivity index (χ4n) is 4.33. The van der Waals surface area contributed by atoms with Gasteiger partial charge in [0.25, 0.3) is 0 Å². The molecule has 2 aromatic carbocycles. The number of benzene rings is 2. The molecule has 0 aromatic heterocycles. The third kappa shape index (κ3) is 4.52. The van der Waals surface area contributed by atoms with E-state index in [1.54, 1.807) is 24.3 Å². The molecule has 2 aliphatic carbocycles. The average Bonchev–Trinajstić information content (AvgIpc) is 3.63. The Bertz CT molecular complexity index is 1110. The molecular formula is C24H28N2O4S. The molecule has 6 nitrogen and oxygen atoms in total. The van der Waals surface area contributed by atoms with Crippen LogP contribution in [0.1, 0.15) is 48.4 Å². The fraction of sp³-hybridized carbons (Fsp3) is 0.375. The van der Waals surface area contributed by atoms with E-state index in [0.717, 1.165) is 32.1 Å². The van der Waals surface area contributed by atoms with E-state index in [2.05, 4.69) is 22.9 Å². The maximum absolute atomic E-state index is 13.3. The van der Waals surface area contributed by atoms with E-state index in [1.165, 1.54) is 31.4 Å². The Labute approximate surface area is 184 Å². The lowest BCUT2D eigenvalue weighted by molar-refractivity contribution is -0.129. The first-order valence-electron chi connectivity index (χ1n) is 10.6. The number of nitrogens with zero attached hydrogens (tertiary/aromatic N) is 1. The van der Waals surface area contributed by atoms with Crippen molar-refractivity contribution in [3.63, 3.8) is 0 Å². The second-order valence-electron chi connectivity index (χ2n) is 8.03. The third-order valence-corrected chi connectivity index (χ3v) is 7.47. The molecule has 0 aliphatic heterocycles. The van der Waals surface area contributed by atoms with Crippen LogP contribution in [-0.4, -0.2) is 39.4 Å². The molecule has 0 saturated heterocycles. The Morgan fingerprint density at radius 1 is 1.16 bits per heavy atom. The number of hydrogen-bond donors (Lipinski definition) is 1. The van der Waals surface area contributed by atoms with E-state index in [1.807, 2.05) is 11.0 Å². The Balaban J connectivity index is 1.61. The maximum Gasteiger partial charge on any atom is 0.247 e. The van der Waals surface area contributed by atoms with Gasteiger partial charge in [-0.25, -0.2) is 13.1 Å². The number of hydrogen-bond acceptors (Lipinski definition) is 4. The summed E-state index contributed by atoms with van der Waals surface area (Å²) in [5.74, 6) is 0.231. The Kier molecular flexibility index (Phi) is 6.16. The van der Waals surface area contributed by atoms with E-state index in [4.69, 9.17) is 4.74 Å². The Morgan fingerprint density at radius 2 is 1.94 bits per heavy atom. The van der Waals surface area contributed by atoms with E-state index in [0.29, 0.717) is 5.56 Å². The highest BCUT2D eigenvalue weighted by Crippen LogP contribution is 2.41. The van der Waals surface area contributed by atoms with Crippen LogP contribution < -0.4 is 9.46 Å². The summed E-state index contributed by atoms with van der Waals surface area (Å²) < 4.78 is 32.1. The summed E-state index contributed by atoms with van der Waals surface area (Å²) in [7, 11) is -0.890. The van der Waals surface area contributed by atoms with Crippen LogP contribution in [0.15, 0.2) is 53.4 Å². The molecule has 31 heavy (non-hydrogen) atoms. The van der Waals surface area contributed by atoms with Crippen molar-refractivity contribution in [3.05, 3.63) is 65.2 Å². The molecule has 0 bridgehead atoms. The van der Waals surface area contributed by atoms with Crippen LogP contribution in [0.5, 0.6) is 5.75 Å². The molecule has 0 radical (unpaired) electrons. The van der Waals surface area contributed by atoms with Crippen LogP contribution in [0.2, 0.25) is 0 Å². The van der Waals surface area contributed by atoms with Crippen LogP contribution in [0.4, 0.5) is 0 Å². The fourth-order valence-corrected chi connectivity index (χ4v) is 5.26. The first-order valence-corrected chi connectivity index (χ1v) is 12.1. The monoisotopic (exact) mass is 440 g/mol. The van der Waals surface area contributed by atoms with Crippen molar-refractivity contribution in [2.45, 2.75) is 49.1 Å². The molecule has 0 spiro atoms. The predicted octanol–water partition coefficient (Wildman–Crippen LogP) is 3.69. The maximum atomic E-state index is 13.3. The normalized spacial score (nSPS) is 18.6. The minimum atomic E-state index is -3.68. The van der Waals surface area contributed by atoms with Gasteiger partial charge in [-0.1, -0.05) is 30.3 Å². The first-order chi connectivity index (χ1) is 14.9. The SMILES string of the molecule is CNS(=O)(=O)c1cc(/C=C/C(=O)N(C2CC2)C2CCCc3ccccc32)ccc1OC. The number of ether oxygens (including phenoxy) is 1. The lowest BCUT2D eigenvalue weighted by Crippen LogP contribution is -2.37. The molecule has 1 saturated carbocycles. The summed E-state index contributed by atoms with van der Waals surface area (Å²) in [5, 5.41) is 0. The van der Waals surface area contributed by atoms with Crippen molar-refractivity contribution in [2.24, 2.45) is 0 Å². The van der Waals surface area contributed by atoms with Gasteiger partial charge in [-0.3, -0.25) is 4.79 Å². The standard InChI is InChI=1S/C24H28N2O4S/c1-25-31(28,29)23-16-17(10-14-22(23)30-2)11-15-24(27)26(19-12-13-19)21-9-5-7-18-6-3-4-8-20(18)21/h3-4,6,8,10-11,14-16,19,21,25H,5,7,9,12-13H2,1-2H3/b15-11+. The summed E-state index contributed by atoms with van der Waals surface area (Å²) in [6, 6.07) is 13.7. The summed E-state index contributed by atoms with van der Waals surface area (Å²) in [6.45, 7) is 0. The minimum absolute atomic E-state index is 0.0296. The van der Waals surface area contributed by atoms with Gasteiger partial charge in [0.1, 0.15) is 10.6 Å². The summed E-state index contributed by atoms with van der Waals surface area (Å²) in [4.78, 5) is 15.3. The van der Waals surface area contributed by atoms with Gasteiger partial charge >= 0.3 is 0 Å². The lowest BCUT2D eigenvalue weighted by Gasteiger charge is -2.35. The summed E-state index contributed by atoms with van der Waals surface area (Å²) >= 11 is 0. The van der Waals surface area contributed by atoms with E-state index in [-0.39, 0.29) is 28.6 Å². The van der Waals surface area contributed by atoms with Crippen molar-refractivity contribution in [1.29, 1.82) is 0 Å². The zero-order valence-corrected chi connectivity index (χ0v) is 18.7. The molecule has 2 aliphatic rings. The predicted molar refractivity (Wildman–Crippen MR) is 120 cm³/mol. The number of methoxy groups -OCH3 is 1. The number of rotatable bonds is 7. The van der Waals surface area contributed by atoms with E-state index < -0.39 is 10.0 Å². The number of amides is 1. The summed E-state index contributed by atoms with van der Waals surface area (Å²) in [6.07, 6.45) is 8.42. The molecule has 1 fully saturated rings. The number of aryl methyl sites for hydroxylation is 1. The molecule has 164 valence electrons. The topological polar surface area (TPSA) is 75.7 Å². The van der Waals surface area contributed by atoms with Crippen LogP contribution in [0.25, 0.3) is 6.08 Å². The molecule has 7 heteroatoms. The zero-order chi connectivity index (χ0) is 22.0. The average molecular weight is 441 g/mol. The highest BCUT2D eigenvalue weighted by Gasteiger charge is 2.38. The third-order valence-electron chi connectivity index (χ3n) is 6.03. The first kappa shape index (κ1) is 21.6. The Hall–Kier alpha value is -2.64. The van der Waals surface area contributed by atoms with Crippen molar-refractivity contribution >= 4 is 22.0 Å². The van der Waals surface area contributed by atoms with Gasteiger partial charge in [0.2, 0.25) is 15.9 Å². The molecule has 1 N–H and O–H groups in total. The molecule has 0 heterocycles. The highest BCUT2D eigenvalue weighted by atomic mass is 32.2. The molecule has 4 rings (SSSR count). The number of fused-ring (bicyclic) bond motifs is 1. The lowest BCUT2D eigenvalue weighted by atomic mass is 9.86. The minimum Gasteiger partial charge on any atom is -0.495 e. The molecule has 1 amide bonds. The van der Waals surface area contributed by atoms with Crippen molar-refractivity contribution in [2.75, 3.05) is 14.2 Å². The van der Waals surface area contributed by atoms with Crippen LogP contribution in [0, 0.1) is 0 Å². The van der Waals surface area contributed by atoms with Gasteiger partial charge in [-0.15, -0.1) is 0 Å². The molecule has 2 aromatic rings. The number of nitrogens with one attached hydrogen (secondary N) is 1. The largest absolute Gasteiger partial charge is 0.495 e. The van der Waals surface area contributed by atoms with Crippen molar-refractivity contribution in [3.8, 4) is 5.75 Å². The van der Waals surface area contributed by atoms with Crippen LogP contribution in [-0.2, 0) is 21.2 Å². The Morgan fingerprint density at radius 3 is 2.65 bits per heavy atom. The number of sulfonamides is 1. The van der Waals surface area contributed by atoms with Crippen LogP contribution in [0.3, 0.4) is 0 Å². The summed E-state index contributed by atoms with van der Waals surface area (Å²) in [5.41, 5.74) is 3.22. The molecule has 1 atom stereocenters. The zero-order valence-electron chi connectivity index (χ0n) is 17.9. The van der Waals surface area contributed by atoms with Gasteiger partial charge in [0, 0.05) is 12.1 Å². The molecule has 1 unspecified atom stereocenters. The van der Waals surface area contributed by atoms with Crippen molar-refractivity contribution < 1.29 is 17.9 Å². The quantitative estimate of drug-likeness (QED) is 0.667. The van der Waals surface area contributed by atoms with Gasteiger partial charge in [-0.2, -0.15) is 0 Å². The number of carbonyl (C=O) groups excluding carboxylic acids is 1. The van der Waals surface area contributed by atoms with Gasteiger partial charge in [-0.05, 0) is 74.1 Å². The van der Waals surface area contributed by atoms with E-state index in [9.17, 15) is 13.2 Å². The smallest absolute Gasteiger partial charge is 0.247 e. The number of carbonyl (C=O) groups is 1. The van der Waals surface area contributed by atoms with Gasteiger partial charge in [0.05, 0.1) is 13.2 Å². The van der Waals surface area contributed by atoms with Crippen molar-refractivity contribution in [1.82, 2.24) is 9.62 Å². The van der Waals surface area contributed by atoms with Crippen LogP contribution >= 0.6 is 0 Å². The second-order valence-corrected chi connectivity index (χ2v) is 9.89. The van der Waals surface area contributed by atoms with Gasteiger partial charge in [0.15, 0.2) is 0 Å². The molecular weight excluding hydrogens is 412 g/mol. The van der Waals surface area contributed by atoms with E-state index >= 15 is 0 Å².